The average Bonchev–Trinajstić information content (AvgIpc) is 3.15. The molecule has 0 radical (unpaired) electrons. The van der Waals surface area contributed by atoms with Gasteiger partial charge in [-0.2, -0.15) is 13.2 Å². The summed E-state index contributed by atoms with van der Waals surface area (Å²) >= 11 is 1.29. The molecular weight excluding hydrogens is 445 g/mol. The number of benzene rings is 1. The summed E-state index contributed by atoms with van der Waals surface area (Å²) < 4.78 is 39.4. The van der Waals surface area contributed by atoms with Crippen LogP contribution in [-0.4, -0.2) is 44.8 Å². The average molecular weight is 462 g/mol. The summed E-state index contributed by atoms with van der Waals surface area (Å²) in [5, 5.41) is 5.45. The van der Waals surface area contributed by atoms with E-state index in [-0.39, 0.29) is 17.9 Å². The number of hydrogen-bond acceptors (Lipinski definition) is 7. The van der Waals surface area contributed by atoms with Crippen molar-refractivity contribution in [3.63, 3.8) is 0 Å². The third kappa shape index (κ3) is 5.08. The standard InChI is InChI=1S/C20H17F3N6O2S/c21-20(22,23)12-3-1-2-4-13(12)26-17(30)11-29-8-5-14-16(10-29)32-19(27-14)28-18(31)15-9-24-6-7-25-15/h1-4,6-7,9H,5,8,10-11H2,(H,26,30)(H,27,28,31). The maximum Gasteiger partial charge on any atom is 0.418 e. The summed E-state index contributed by atoms with van der Waals surface area (Å²) in [5.41, 5.74) is -0.170. The Morgan fingerprint density at radius 3 is 2.72 bits per heavy atom. The van der Waals surface area contributed by atoms with Crippen molar-refractivity contribution in [3.05, 3.63) is 64.7 Å². The molecule has 0 bridgehead atoms. The Morgan fingerprint density at radius 2 is 1.97 bits per heavy atom. The summed E-state index contributed by atoms with van der Waals surface area (Å²) in [6.45, 7) is 0.857. The summed E-state index contributed by atoms with van der Waals surface area (Å²) in [6.07, 6.45) is 0.223. The van der Waals surface area contributed by atoms with E-state index in [0.717, 1.165) is 16.6 Å². The minimum absolute atomic E-state index is 0.0647. The smallest absolute Gasteiger partial charge is 0.324 e. The van der Waals surface area contributed by atoms with Crippen molar-refractivity contribution >= 4 is 34.0 Å². The van der Waals surface area contributed by atoms with Crippen LogP contribution in [-0.2, 0) is 23.9 Å². The van der Waals surface area contributed by atoms with E-state index in [4.69, 9.17) is 0 Å². The normalized spacial score (nSPS) is 14.0. The molecule has 1 aliphatic rings. The van der Waals surface area contributed by atoms with E-state index in [9.17, 15) is 22.8 Å². The van der Waals surface area contributed by atoms with Gasteiger partial charge in [-0.25, -0.2) is 9.97 Å². The molecule has 2 N–H and O–H groups in total. The van der Waals surface area contributed by atoms with Crippen molar-refractivity contribution in [1.29, 1.82) is 0 Å². The van der Waals surface area contributed by atoms with Crippen LogP contribution < -0.4 is 10.6 Å². The number of anilines is 2. The molecule has 0 spiro atoms. The zero-order chi connectivity index (χ0) is 22.7. The predicted octanol–water partition coefficient (Wildman–Crippen LogP) is 3.20. The first-order chi connectivity index (χ1) is 15.3. The number of alkyl halides is 3. The van der Waals surface area contributed by atoms with Gasteiger partial charge in [-0.15, -0.1) is 11.3 Å². The molecule has 0 unspecified atom stereocenters. The molecule has 0 fully saturated rings. The molecule has 0 saturated carbocycles. The van der Waals surface area contributed by atoms with Crippen molar-refractivity contribution in [1.82, 2.24) is 19.9 Å². The third-order valence-corrected chi connectivity index (χ3v) is 5.70. The Labute approximate surface area is 184 Å². The number of hydrogen-bond donors (Lipinski definition) is 2. The molecule has 0 saturated heterocycles. The van der Waals surface area contributed by atoms with Crippen LogP contribution in [0.15, 0.2) is 42.9 Å². The van der Waals surface area contributed by atoms with E-state index >= 15 is 0 Å². The molecule has 8 nitrogen and oxygen atoms in total. The van der Waals surface area contributed by atoms with Gasteiger partial charge < -0.3 is 5.32 Å². The fourth-order valence-corrected chi connectivity index (χ4v) is 4.29. The first kappa shape index (κ1) is 21.8. The Kier molecular flexibility index (Phi) is 6.15. The molecule has 3 aromatic rings. The van der Waals surface area contributed by atoms with Crippen LogP contribution in [0.2, 0.25) is 0 Å². The van der Waals surface area contributed by atoms with Crippen molar-refractivity contribution < 1.29 is 22.8 Å². The molecule has 3 heterocycles. The predicted molar refractivity (Wildman–Crippen MR) is 111 cm³/mol. The zero-order valence-corrected chi connectivity index (χ0v) is 17.3. The van der Waals surface area contributed by atoms with Crippen LogP contribution in [0.25, 0.3) is 0 Å². The molecular formula is C20H17F3N6O2S. The number of aromatic nitrogens is 3. The number of halogens is 3. The first-order valence-corrected chi connectivity index (χ1v) is 10.4. The molecule has 2 aromatic heterocycles. The quantitative estimate of drug-likeness (QED) is 0.604. The van der Waals surface area contributed by atoms with Gasteiger partial charge in [-0.3, -0.25) is 24.8 Å². The lowest BCUT2D eigenvalue weighted by atomic mass is 10.1. The van der Waals surface area contributed by atoms with Crippen LogP contribution in [0.1, 0.15) is 26.6 Å². The highest BCUT2D eigenvalue weighted by atomic mass is 32.1. The van der Waals surface area contributed by atoms with Crippen LogP contribution in [0, 0.1) is 0 Å². The highest BCUT2D eigenvalue weighted by molar-refractivity contribution is 7.15. The van der Waals surface area contributed by atoms with E-state index in [1.165, 1.54) is 48.1 Å². The molecule has 0 aliphatic carbocycles. The SMILES string of the molecule is O=C(CN1CCc2nc(NC(=O)c3cnccn3)sc2C1)Nc1ccccc1C(F)(F)F. The van der Waals surface area contributed by atoms with Gasteiger partial charge >= 0.3 is 6.18 Å². The molecule has 2 amide bonds. The van der Waals surface area contributed by atoms with E-state index in [1.54, 1.807) is 0 Å². The van der Waals surface area contributed by atoms with Gasteiger partial charge in [-0.1, -0.05) is 12.1 Å². The van der Waals surface area contributed by atoms with Crippen molar-refractivity contribution in [3.8, 4) is 0 Å². The molecule has 12 heteroatoms. The number of fused-ring (bicyclic) bond motifs is 1. The number of thiazole rings is 1. The van der Waals surface area contributed by atoms with Crippen LogP contribution in [0.3, 0.4) is 0 Å². The molecule has 4 rings (SSSR count). The van der Waals surface area contributed by atoms with E-state index in [0.29, 0.717) is 24.6 Å². The van der Waals surface area contributed by atoms with E-state index in [1.807, 2.05) is 4.90 Å². The molecule has 1 aromatic carbocycles. The Hall–Kier alpha value is -3.38. The second-order valence-electron chi connectivity index (χ2n) is 6.99. The van der Waals surface area contributed by atoms with Gasteiger partial charge in [0.1, 0.15) is 5.69 Å². The molecule has 166 valence electrons. The van der Waals surface area contributed by atoms with Crippen LogP contribution in [0.4, 0.5) is 24.0 Å². The lowest BCUT2D eigenvalue weighted by Gasteiger charge is -2.25. The summed E-state index contributed by atoms with van der Waals surface area (Å²) in [5.74, 6) is -0.963. The number of rotatable bonds is 5. The maximum absolute atomic E-state index is 13.1. The van der Waals surface area contributed by atoms with Gasteiger partial charge in [0.25, 0.3) is 5.91 Å². The summed E-state index contributed by atoms with van der Waals surface area (Å²) in [7, 11) is 0. The van der Waals surface area contributed by atoms with Gasteiger partial charge in [0, 0.05) is 36.8 Å². The maximum atomic E-state index is 13.1. The Morgan fingerprint density at radius 1 is 1.16 bits per heavy atom. The van der Waals surface area contributed by atoms with E-state index in [2.05, 4.69) is 25.6 Å². The Bertz CT molecular complexity index is 1140. The van der Waals surface area contributed by atoms with Crippen LogP contribution >= 0.6 is 11.3 Å². The first-order valence-electron chi connectivity index (χ1n) is 9.54. The lowest BCUT2D eigenvalue weighted by Crippen LogP contribution is -2.37. The highest BCUT2D eigenvalue weighted by Crippen LogP contribution is 2.34. The number of amides is 2. The minimum Gasteiger partial charge on any atom is -0.324 e. The highest BCUT2D eigenvalue weighted by Gasteiger charge is 2.33. The third-order valence-electron chi connectivity index (χ3n) is 4.70. The molecule has 1 aliphatic heterocycles. The van der Waals surface area contributed by atoms with Gasteiger partial charge in [0.2, 0.25) is 5.91 Å². The van der Waals surface area contributed by atoms with Crippen molar-refractivity contribution in [2.45, 2.75) is 19.1 Å². The van der Waals surface area contributed by atoms with Gasteiger partial charge in [-0.05, 0) is 12.1 Å². The fourth-order valence-electron chi connectivity index (χ4n) is 3.25. The summed E-state index contributed by atoms with van der Waals surface area (Å²) in [4.78, 5) is 39.5. The minimum atomic E-state index is -4.56. The molecule has 0 atom stereocenters. The van der Waals surface area contributed by atoms with Crippen molar-refractivity contribution in [2.75, 3.05) is 23.7 Å². The van der Waals surface area contributed by atoms with Gasteiger partial charge in [0.05, 0.1) is 29.7 Å². The number of nitrogens with zero attached hydrogens (tertiary/aromatic N) is 4. The second-order valence-corrected chi connectivity index (χ2v) is 8.07. The second kappa shape index (κ2) is 9.01. The number of carbonyl (C=O) groups excluding carboxylic acids is 2. The molecule has 32 heavy (non-hydrogen) atoms. The summed E-state index contributed by atoms with van der Waals surface area (Å²) in [6, 6.07) is 4.86. The fraction of sp³-hybridized carbons (Fsp3) is 0.250. The lowest BCUT2D eigenvalue weighted by molar-refractivity contribution is -0.137. The monoisotopic (exact) mass is 462 g/mol. The number of carbonyl (C=O) groups is 2. The van der Waals surface area contributed by atoms with Crippen molar-refractivity contribution in [2.24, 2.45) is 0 Å². The van der Waals surface area contributed by atoms with E-state index < -0.39 is 23.6 Å². The largest absolute Gasteiger partial charge is 0.418 e. The zero-order valence-electron chi connectivity index (χ0n) is 16.5. The van der Waals surface area contributed by atoms with Crippen LogP contribution in [0.5, 0.6) is 0 Å². The topological polar surface area (TPSA) is 100 Å². The Balaban J connectivity index is 1.37. The van der Waals surface area contributed by atoms with Gasteiger partial charge in [0.15, 0.2) is 5.13 Å². The number of para-hydroxylation sites is 1. The number of nitrogens with one attached hydrogen (secondary N) is 2.